The summed E-state index contributed by atoms with van der Waals surface area (Å²) >= 11 is 0. The molecule has 0 aliphatic carbocycles. The third kappa shape index (κ3) is 2.78. The van der Waals surface area contributed by atoms with Gasteiger partial charge >= 0.3 is 0 Å². The molecule has 2 aliphatic heterocycles. The zero-order valence-corrected chi connectivity index (χ0v) is 12.6. The van der Waals surface area contributed by atoms with Crippen molar-refractivity contribution in [3.63, 3.8) is 0 Å². The van der Waals surface area contributed by atoms with Crippen molar-refractivity contribution in [2.75, 3.05) is 0 Å². The number of allylic oxidation sites excluding steroid dienone is 3. The Labute approximate surface area is 138 Å². The molecule has 0 spiro atoms. The Morgan fingerprint density at radius 2 is 1.67 bits per heavy atom. The maximum absolute atomic E-state index is 9.28. The molecule has 4 rings (SSSR count). The average molecular weight is 315 g/mol. The summed E-state index contributed by atoms with van der Waals surface area (Å²) in [4.78, 5) is 8.88. The molecular formula is C18H13N5O. The molecule has 0 radical (unpaired) electrons. The Morgan fingerprint density at radius 1 is 0.875 bits per heavy atom. The van der Waals surface area contributed by atoms with E-state index in [0.717, 1.165) is 27.5 Å². The van der Waals surface area contributed by atoms with Crippen molar-refractivity contribution in [1.29, 1.82) is 0 Å². The first kappa shape index (κ1) is 14.2. The van der Waals surface area contributed by atoms with Crippen LogP contribution in [-0.4, -0.2) is 21.1 Å². The minimum absolute atomic E-state index is 0.517. The van der Waals surface area contributed by atoms with Gasteiger partial charge in [0.05, 0.1) is 5.69 Å². The quantitative estimate of drug-likeness (QED) is 0.913. The lowest BCUT2D eigenvalue weighted by Crippen LogP contribution is -2.04. The molecule has 1 aromatic carbocycles. The van der Waals surface area contributed by atoms with Crippen LogP contribution < -0.4 is 0 Å². The molecule has 116 valence electrons. The third-order valence-electron chi connectivity index (χ3n) is 3.61. The molecular weight excluding hydrogens is 302 g/mol. The summed E-state index contributed by atoms with van der Waals surface area (Å²) in [5.74, 6) is 1.06. The largest absolute Gasteiger partial charge is 0.285 e. The third-order valence-corrected chi connectivity index (χ3v) is 3.61. The van der Waals surface area contributed by atoms with Gasteiger partial charge in [0.1, 0.15) is 0 Å². The summed E-state index contributed by atoms with van der Waals surface area (Å²) in [6, 6.07) is 13.8. The van der Waals surface area contributed by atoms with Crippen molar-refractivity contribution in [2.24, 2.45) is 15.2 Å². The highest BCUT2D eigenvalue weighted by molar-refractivity contribution is 6.01. The van der Waals surface area contributed by atoms with Gasteiger partial charge in [-0.1, -0.05) is 30.3 Å². The van der Waals surface area contributed by atoms with Crippen LogP contribution in [0.5, 0.6) is 0 Å². The molecule has 0 unspecified atom stereocenters. The molecule has 0 saturated carbocycles. The van der Waals surface area contributed by atoms with Gasteiger partial charge in [-0.05, 0) is 24.3 Å². The highest BCUT2D eigenvalue weighted by Gasteiger charge is 2.14. The highest BCUT2D eigenvalue weighted by Crippen LogP contribution is 2.24. The number of azo groups is 1. The summed E-state index contributed by atoms with van der Waals surface area (Å²) in [5.41, 5.74) is 3.54. The molecule has 2 aromatic rings. The number of nitrogens with zero attached hydrogens (tertiary/aromatic N) is 5. The minimum Gasteiger partial charge on any atom is -0.285 e. The number of hydrogen-bond acceptors (Lipinski definition) is 6. The van der Waals surface area contributed by atoms with E-state index in [-0.39, 0.29) is 0 Å². The average Bonchev–Trinajstić information content (AvgIpc) is 3.13. The van der Waals surface area contributed by atoms with E-state index in [4.69, 9.17) is 0 Å². The molecule has 1 N–H and O–H groups in total. The molecule has 1 aromatic heterocycles. The van der Waals surface area contributed by atoms with Crippen molar-refractivity contribution in [1.82, 2.24) is 10.0 Å². The number of pyridine rings is 1. The van der Waals surface area contributed by atoms with E-state index in [1.807, 2.05) is 42.5 Å². The summed E-state index contributed by atoms with van der Waals surface area (Å²) in [6.07, 6.45) is 8.23. The van der Waals surface area contributed by atoms with Crippen molar-refractivity contribution in [3.8, 4) is 11.3 Å². The smallest absolute Gasteiger partial charge is 0.184 e. The normalized spacial score (nSPS) is 16.0. The number of rotatable bonds is 2. The second-order valence-electron chi connectivity index (χ2n) is 5.22. The second-order valence-corrected chi connectivity index (χ2v) is 5.22. The van der Waals surface area contributed by atoms with Crippen LogP contribution in [-0.2, 0) is 0 Å². The lowest BCUT2D eigenvalue weighted by molar-refractivity contribution is 0.0105. The minimum atomic E-state index is 0.517. The van der Waals surface area contributed by atoms with E-state index in [1.165, 1.54) is 12.4 Å². The molecule has 24 heavy (non-hydrogen) atoms. The molecule has 6 nitrogen and oxygen atoms in total. The highest BCUT2D eigenvalue weighted by atomic mass is 16.5. The standard InChI is InChI=1S/C18H13N5O/c24-23-10-7-14(8-11-23)17-20-18(22-21-17)15-6-9-19-16(12-15)13-4-2-1-3-5-13/h1-12,24H. The number of aliphatic imine (C=N–C) groups is 1. The zero-order valence-electron chi connectivity index (χ0n) is 12.6. The summed E-state index contributed by atoms with van der Waals surface area (Å²) in [5, 5.41) is 18.5. The number of hydroxylamine groups is 2. The maximum atomic E-state index is 9.28. The van der Waals surface area contributed by atoms with E-state index in [1.54, 1.807) is 18.3 Å². The van der Waals surface area contributed by atoms with E-state index in [9.17, 15) is 5.21 Å². The van der Waals surface area contributed by atoms with Crippen molar-refractivity contribution in [2.45, 2.75) is 0 Å². The predicted molar refractivity (Wildman–Crippen MR) is 90.0 cm³/mol. The number of amidine groups is 1. The van der Waals surface area contributed by atoms with Crippen LogP contribution in [0.3, 0.4) is 0 Å². The molecule has 3 heterocycles. The van der Waals surface area contributed by atoms with Gasteiger partial charge in [0.15, 0.2) is 11.7 Å². The molecule has 0 saturated heterocycles. The fraction of sp³-hybridized carbons (Fsp3) is 0. The summed E-state index contributed by atoms with van der Waals surface area (Å²) in [7, 11) is 0. The lowest BCUT2D eigenvalue weighted by atomic mass is 10.1. The van der Waals surface area contributed by atoms with E-state index >= 15 is 0 Å². The fourth-order valence-electron chi connectivity index (χ4n) is 2.39. The van der Waals surface area contributed by atoms with Crippen LogP contribution in [0.15, 0.2) is 99.8 Å². The molecule has 0 amide bonds. The van der Waals surface area contributed by atoms with Gasteiger partial charge in [-0.3, -0.25) is 10.2 Å². The van der Waals surface area contributed by atoms with Crippen molar-refractivity contribution < 1.29 is 5.21 Å². The first-order valence-electron chi connectivity index (χ1n) is 7.40. The van der Waals surface area contributed by atoms with E-state index in [2.05, 4.69) is 20.2 Å². The van der Waals surface area contributed by atoms with Gasteiger partial charge in [-0.15, -0.1) is 10.2 Å². The van der Waals surface area contributed by atoms with Gasteiger partial charge in [-0.25, -0.2) is 10.1 Å². The molecule has 2 aliphatic rings. The van der Waals surface area contributed by atoms with Gasteiger partial charge in [-0.2, -0.15) is 0 Å². The molecule has 0 fully saturated rings. The molecule has 6 heteroatoms. The van der Waals surface area contributed by atoms with Crippen LogP contribution in [0.25, 0.3) is 11.3 Å². The Bertz CT molecular complexity index is 909. The monoisotopic (exact) mass is 315 g/mol. The lowest BCUT2D eigenvalue weighted by Gasteiger charge is -2.09. The second kappa shape index (κ2) is 6.02. The SMILES string of the molecule is ON1C=CC(=C2N=NC(c3ccnc(-c4ccccc4)c3)=N2)C=C1. The Morgan fingerprint density at radius 3 is 2.46 bits per heavy atom. The van der Waals surface area contributed by atoms with Crippen LogP contribution >= 0.6 is 0 Å². The number of benzene rings is 1. The van der Waals surface area contributed by atoms with Crippen LogP contribution in [0.4, 0.5) is 0 Å². The zero-order chi connectivity index (χ0) is 16.4. The van der Waals surface area contributed by atoms with Gasteiger partial charge in [0, 0.05) is 35.3 Å². The maximum Gasteiger partial charge on any atom is 0.184 e. The topological polar surface area (TPSA) is 73.4 Å². The Balaban J connectivity index is 1.68. The van der Waals surface area contributed by atoms with Crippen LogP contribution in [0.2, 0.25) is 0 Å². The summed E-state index contributed by atoms with van der Waals surface area (Å²) < 4.78 is 0. The molecule has 0 bridgehead atoms. The Kier molecular flexibility index (Phi) is 3.57. The first-order valence-corrected chi connectivity index (χ1v) is 7.40. The van der Waals surface area contributed by atoms with Crippen molar-refractivity contribution in [3.05, 3.63) is 90.2 Å². The molecule has 0 atom stereocenters. The Hall–Kier alpha value is -3.38. The number of hydrogen-bond donors (Lipinski definition) is 1. The van der Waals surface area contributed by atoms with Gasteiger partial charge in [0.25, 0.3) is 0 Å². The van der Waals surface area contributed by atoms with Gasteiger partial charge in [0.2, 0.25) is 0 Å². The first-order chi connectivity index (χ1) is 11.8. The predicted octanol–water partition coefficient (Wildman–Crippen LogP) is 3.90. The number of aromatic nitrogens is 1. The van der Waals surface area contributed by atoms with Gasteiger partial charge < -0.3 is 0 Å². The fourth-order valence-corrected chi connectivity index (χ4v) is 2.39. The van der Waals surface area contributed by atoms with Crippen molar-refractivity contribution >= 4 is 5.84 Å². The summed E-state index contributed by atoms with van der Waals surface area (Å²) in [6.45, 7) is 0. The van der Waals surface area contributed by atoms with Crippen LogP contribution in [0, 0.1) is 0 Å². The van der Waals surface area contributed by atoms with E-state index < -0.39 is 0 Å². The van der Waals surface area contributed by atoms with E-state index in [0.29, 0.717) is 11.7 Å². The van der Waals surface area contributed by atoms with Crippen LogP contribution in [0.1, 0.15) is 5.56 Å².